The Bertz CT molecular complexity index is 842. The van der Waals surface area contributed by atoms with Gasteiger partial charge in [0.15, 0.2) is 0 Å². The summed E-state index contributed by atoms with van der Waals surface area (Å²) in [6.45, 7) is 7.08. The number of aromatic nitrogens is 2. The molecule has 0 atom stereocenters. The van der Waals surface area contributed by atoms with E-state index in [2.05, 4.69) is 27.3 Å². The van der Waals surface area contributed by atoms with Crippen LogP contribution in [0.2, 0.25) is 0 Å². The number of hydrogen-bond acceptors (Lipinski definition) is 6. The van der Waals surface area contributed by atoms with Gasteiger partial charge in [0, 0.05) is 50.2 Å². The first kappa shape index (κ1) is 18.7. The lowest BCUT2D eigenvalue weighted by molar-refractivity contribution is -0.143. The monoisotopic (exact) mass is 381 g/mol. The number of phenolic OH excluding ortho intramolecular Hbond substituents is 1. The topological polar surface area (TPSA) is 81.6 Å². The largest absolute Gasteiger partial charge is 0.507 e. The molecule has 7 heteroatoms. The van der Waals surface area contributed by atoms with Crippen molar-refractivity contribution in [2.45, 2.75) is 19.8 Å². The lowest BCUT2D eigenvalue weighted by Gasteiger charge is -2.42. The molecule has 0 radical (unpaired) electrons. The second-order valence-electron chi connectivity index (χ2n) is 7.91. The number of nitrogens with one attached hydrogen (secondary N) is 1. The maximum absolute atomic E-state index is 13.0. The molecule has 28 heavy (non-hydrogen) atoms. The Balaban J connectivity index is 1.46. The van der Waals surface area contributed by atoms with Crippen molar-refractivity contribution in [1.82, 2.24) is 20.4 Å². The van der Waals surface area contributed by atoms with Gasteiger partial charge in [0.1, 0.15) is 5.75 Å². The van der Waals surface area contributed by atoms with E-state index in [1.54, 1.807) is 18.3 Å². The standard InChI is InChI=1S/C21H27N5O2/c1-21(20(28)26-12-8-22-9-13-26)6-10-25(11-7-21)16-14-18(24-23-15-16)17-4-2-3-5-19(17)27/h2-5,14-15,22,27H,6-13H2,1H3. The molecule has 2 aliphatic heterocycles. The zero-order chi connectivity index (χ0) is 19.6. The van der Waals surface area contributed by atoms with E-state index < -0.39 is 0 Å². The summed E-state index contributed by atoms with van der Waals surface area (Å²) in [6.07, 6.45) is 3.40. The molecule has 148 valence electrons. The molecule has 2 saturated heterocycles. The number of phenols is 1. The number of piperazine rings is 1. The Hall–Kier alpha value is -2.67. The number of amides is 1. The Morgan fingerprint density at radius 1 is 1.14 bits per heavy atom. The molecule has 1 amide bonds. The second kappa shape index (κ2) is 7.75. The number of nitrogens with zero attached hydrogens (tertiary/aromatic N) is 4. The van der Waals surface area contributed by atoms with Crippen molar-refractivity contribution in [2.75, 3.05) is 44.2 Å². The van der Waals surface area contributed by atoms with Gasteiger partial charge in [0.25, 0.3) is 0 Å². The van der Waals surface area contributed by atoms with Gasteiger partial charge in [-0.3, -0.25) is 4.79 Å². The molecule has 0 saturated carbocycles. The van der Waals surface area contributed by atoms with E-state index in [0.717, 1.165) is 57.8 Å². The number of carbonyl (C=O) groups excluding carboxylic acids is 1. The van der Waals surface area contributed by atoms with Gasteiger partial charge in [0.05, 0.1) is 17.6 Å². The molecule has 2 aromatic rings. The number of benzene rings is 1. The maximum atomic E-state index is 13.0. The third-order valence-electron chi connectivity index (χ3n) is 5.97. The normalized spacial score (nSPS) is 19.5. The third-order valence-corrected chi connectivity index (χ3v) is 5.97. The van der Waals surface area contributed by atoms with Crippen molar-refractivity contribution in [3.05, 3.63) is 36.5 Å². The molecule has 0 aliphatic carbocycles. The Kier molecular flexibility index (Phi) is 5.17. The highest BCUT2D eigenvalue weighted by molar-refractivity contribution is 5.83. The predicted octanol–water partition coefficient (Wildman–Crippen LogP) is 1.89. The molecule has 1 aromatic heterocycles. The van der Waals surface area contributed by atoms with Gasteiger partial charge in [-0.2, -0.15) is 10.2 Å². The summed E-state index contributed by atoms with van der Waals surface area (Å²) in [5, 5.41) is 21.7. The molecular weight excluding hydrogens is 354 g/mol. The Labute approximate surface area is 165 Å². The fraction of sp³-hybridized carbons (Fsp3) is 0.476. The van der Waals surface area contributed by atoms with Gasteiger partial charge in [0.2, 0.25) is 5.91 Å². The summed E-state index contributed by atoms with van der Waals surface area (Å²) in [4.78, 5) is 17.3. The Morgan fingerprint density at radius 2 is 1.86 bits per heavy atom. The number of piperidine rings is 1. The quantitative estimate of drug-likeness (QED) is 0.845. The van der Waals surface area contributed by atoms with Gasteiger partial charge < -0.3 is 20.2 Å². The van der Waals surface area contributed by atoms with E-state index >= 15 is 0 Å². The van der Waals surface area contributed by atoms with Gasteiger partial charge in [-0.05, 0) is 31.0 Å². The van der Waals surface area contributed by atoms with E-state index in [1.807, 2.05) is 23.1 Å². The summed E-state index contributed by atoms with van der Waals surface area (Å²) in [6, 6.07) is 9.11. The van der Waals surface area contributed by atoms with Crippen molar-refractivity contribution in [1.29, 1.82) is 0 Å². The highest BCUT2D eigenvalue weighted by Crippen LogP contribution is 2.36. The smallest absolute Gasteiger partial charge is 0.228 e. The Morgan fingerprint density at radius 3 is 2.57 bits per heavy atom. The van der Waals surface area contributed by atoms with Crippen LogP contribution in [0.15, 0.2) is 36.5 Å². The minimum absolute atomic E-state index is 0.196. The number of para-hydroxylation sites is 1. The van der Waals surface area contributed by atoms with E-state index in [1.165, 1.54) is 0 Å². The molecule has 1 aromatic carbocycles. The number of rotatable bonds is 3. The van der Waals surface area contributed by atoms with Crippen LogP contribution in [0.1, 0.15) is 19.8 Å². The first-order valence-corrected chi connectivity index (χ1v) is 9.93. The average molecular weight is 381 g/mol. The van der Waals surface area contributed by atoms with Crippen LogP contribution in [-0.2, 0) is 4.79 Å². The molecule has 0 unspecified atom stereocenters. The van der Waals surface area contributed by atoms with Gasteiger partial charge in [-0.15, -0.1) is 0 Å². The van der Waals surface area contributed by atoms with Crippen LogP contribution in [0.3, 0.4) is 0 Å². The van der Waals surface area contributed by atoms with Crippen molar-refractivity contribution >= 4 is 11.6 Å². The van der Waals surface area contributed by atoms with Crippen molar-refractivity contribution in [3.8, 4) is 17.0 Å². The molecule has 0 bridgehead atoms. The van der Waals surface area contributed by atoms with Gasteiger partial charge in [-0.25, -0.2) is 0 Å². The number of carbonyl (C=O) groups is 1. The summed E-state index contributed by atoms with van der Waals surface area (Å²) in [7, 11) is 0. The van der Waals surface area contributed by atoms with Crippen LogP contribution in [0.25, 0.3) is 11.3 Å². The number of aromatic hydroxyl groups is 1. The lowest BCUT2D eigenvalue weighted by Crippen LogP contribution is -2.54. The third kappa shape index (κ3) is 3.67. The number of anilines is 1. The molecule has 4 rings (SSSR count). The number of hydrogen-bond donors (Lipinski definition) is 2. The summed E-state index contributed by atoms with van der Waals surface area (Å²) in [5.41, 5.74) is 2.01. The van der Waals surface area contributed by atoms with Crippen LogP contribution in [0, 0.1) is 5.41 Å². The van der Waals surface area contributed by atoms with Crippen molar-refractivity contribution in [3.63, 3.8) is 0 Å². The molecule has 2 aliphatic rings. The van der Waals surface area contributed by atoms with Crippen molar-refractivity contribution in [2.24, 2.45) is 5.41 Å². The first-order valence-electron chi connectivity index (χ1n) is 9.93. The average Bonchev–Trinajstić information content (AvgIpc) is 2.75. The predicted molar refractivity (Wildman–Crippen MR) is 108 cm³/mol. The zero-order valence-corrected chi connectivity index (χ0v) is 16.3. The minimum Gasteiger partial charge on any atom is -0.507 e. The van der Waals surface area contributed by atoms with E-state index in [-0.39, 0.29) is 17.1 Å². The van der Waals surface area contributed by atoms with E-state index in [9.17, 15) is 9.90 Å². The van der Waals surface area contributed by atoms with Crippen LogP contribution >= 0.6 is 0 Å². The fourth-order valence-corrected chi connectivity index (χ4v) is 4.07. The lowest BCUT2D eigenvalue weighted by atomic mass is 9.78. The van der Waals surface area contributed by atoms with Gasteiger partial charge in [-0.1, -0.05) is 19.1 Å². The van der Waals surface area contributed by atoms with Crippen LogP contribution in [0.5, 0.6) is 5.75 Å². The molecule has 3 heterocycles. The highest BCUT2D eigenvalue weighted by Gasteiger charge is 2.39. The van der Waals surface area contributed by atoms with Crippen LogP contribution in [0.4, 0.5) is 5.69 Å². The first-order chi connectivity index (χ1) is 13.6. The molecule has 2 N–H and O–H groups in total. The van der Waals surface area contributed by atoms with E-state index in [4.69, 9.17) is 0 Å². The summed E-state index contributed by atoms with van der Waals surface area (Å²) < 4.78 is 0. The molecule has 7 nitrogen and oxygen atoms in total. The van der Waals surface area contributed by atoms with Crippen LogP contribution in [-0.4, -0.2) is 65.4 Å². The highest BCUT2D eigenvalue weighted by atomic mass is 16.3. The van der Waals surface area contributed by atoms with Gasteiger partial charge >= 0.3 is 0 Å². The van der Waals surface area contributed by atoms with Crippen LogP contribution < -0.4 is 10.2 Å². The molecule has 0 spiro atoms. The summed E-state index contributed by atoms with van der Waals surface area (Å²) >= 11 is 0. The van der Waals surface area contributed by atoms with Crippen molar-refractivity contribution < 1.29 is 9.90 Å². The van der Waals surface area contributed by atoms with E-state index in [0.29, 0.717) is 11.3 Å². The molecule has 2 fully saturated rings. The summed E-state index contributed by atoms with van der Waals surface area (Å²) in [5.74, 6) is 0.484. The maximum Gasteiger partial charge on any atom is 0.228 e. The second-order valence-corrected chi connectivity index (χ2v) is 7.91. The zero-order valence-electron chi connectivity index (χ0n) is 16.3. The SMILES string of the molecule is CC1(C(=O)N2CCNCC2)CCN(c2cnnc(-c3ccccc3O)c2)CC1. The fourth-order valence-electron chi connectivity index (χ4n) is 4.07. The molecular formula is C21H27N5O2. The minimum atomic E-state index is -0.297.